The minimum absolute atomic E-state index is 0.232. The van der Waals surface area contributed by atoms with Crippen LogP contribution in [0.25, 0.3) is 0 Å². The van der Waals surface area contributed by atoms with Crippen molar-refractivity contribution in [2.75, 3.05) is 19.0 Å². The smallest absolute Gasteiger partial charge is 0.322 e. The van der Waals surface area contributed by atoms with Crippen molar-refractivity contribution in [1.82, 2.24) is 4.90 Å². The Hall–Kier alpha value is -1.69. The molecule has 0 aliphatic rings. The Morgan fingerprint density at radius 1 is 1.47 bits per heavy atom. The summed E-state index contributed by atoms with van der Waals surface area (Å²) in [5.74, 6) is -1.69. The third-order valence-electron chi connectivity index (χ3n) is 2.44. The van der Waals surface area contributed by atoms with Crippen LogP contribution in [0.3, 0.4) is 0 Å². The summed E-state index contributed by atoms with van der Waals surface area (Å²) in [5, 5.41) is 11.0. The minimum atomic E-state index is -0.844. The lowest BCUT2D eigenvalue weighted by Crippen LogP contribution is -2.40. The molecule has 1 rings (SSSR count). The number of urea groups is 1. The van der Waals surface area contributed by atoms with E-state index in [-0.39, 0.29) is 6.61 Å². The molecule has 0 aromatic heterocycles. The first-order valence-corrected chi connectivity index (χ1v) is 5.06. The third-order valence-corrected chi connectivity index (χ3v) is 2.44. The lowest BCUT2D eigenvalue weighted by molar-refractivity contribution is 0.166. The van der Waals surface area contributed by atoms with Gasteiger partial charge in [-0.25, -0.2) is 13.6 Å². The lowest BCUT2D eigenvalue weighted by Gasteiger charge is -2.23. The topological polar surface area (TPSA) is 52.6 Å². The molecular weight excluding hydrogens is 230 g/mol. The molecule has 4 nitrogen and oxygen atoms in total. The van der Waals surface area contributed by atoms with Crippen molar-refractivity contribution >= 4 is 11.7 Å². The van der Waals surface area contributed by atoms with Crippen LogP contribution in [0.2, 0.25) is 0 Å². The van der Waals surface area contributed by atoms with Crippen molar-refractivity contribution in [3.8, 4) is 0 Å². The van der Waals surface area contributed by atoms with Gasteiger partial charge in [-0.1, -0.05) is 6.07 Å². The molecular formula is C11H14F2N2O2. The number of nitrogens with one attached hydrogen (secondary N) is 1. The van der Waals surface area contributed by atoms with Crippen LogP contribution in [0, 0.1) is 11.6 Å². The molecule has 94 valence electrons. The number of halogens is 2. The van der Waals surface area contributed by atoms with E-state index in [1.165, 1.54) is 13.1 Å². The highest BCUT2D eigenvalue weighted by Crippen LogP contribution is 2.18. The summed E-state index contributed by atoms with van der Waals surface area (Å²) in [7, 11) is 1.43. The number of benzene rings is 1. The Kier molecular flexibility index (Phi) is 4.39. The Labute approximate surface area is 97.9 Å². The molecule has 0 bridgehead atoms. The molecule has 0 aliphatic carbocycles. The van der Waals surface area contributed by atoms with Gasteiger partial charge in [0.2, 0.25) is 0 Å². The number of likely N-dealkylation sites (N-methyl/N-ethyl adjacent to an activating group) is 1. The van der Waals surface area contributed by atoms with E-state index in [0.717, 1.165) is 17.0 Å². The predicted octanol–water partition coefficient (Wildman–Crippen LogP) is 1.81. The van der Waals surface area contributed by atoms with Gasteiger partial charge in [-0.3, -0.25) is 0 Å². The number of anilines is 1. The standard InChI is InChI=1S/C11H14F2N2O2/c1-7(6-16)15(2)11(17)14-10-8(12)4-3-5-9(10)13/h3-5,7,16H,6H2,1-2H3,(H,14,17). The van der Waals surface area contributed by atoms with Gasteiger partial charge in [0, 0.05) is 7.05 Å². The fourth-order valence-corrected chi connectivity index (χ4v) is 1.13. The summed E-state index contributed by atoms with van der Waals surface area (Å²) < 4.78 is 26.5. The van der Waals surface area contributed by atoms with Crippen molar-refractivity contribution in [2.45, 2.75) is 13.0 Å². The number of carbonyl (C=O) groups is 1. The highest BCUT2D eigenvalue weighted by Gasteiger charge is 2.18. The highest BCUT2D eigenvalue weighted by atomic mass is 19.1. The van der Waals surface area contributed by atoms with Gasteiger partial charge in [-0.05, 0) is 19.1 Å². The van der Waals surface area contributed by atoms with Gasteiger partial charge >= 0.3 is 6.03 Å². The molecule has 1 unspecified atom stereocenters. The fourth-order valence-electron chi connectivity index (χ4n) is 1.13. The first-order valence-electron chi connectivity index (χ1n) is 5.06. The van der Waals surface area contributed by atoms with Crippen LogP contribution < -0.4 is 5.32 Å². The lowest BCUT2D eigenvalue weighted by atomic mass is 10.3. The second-order valence-electron chi connectivity index (χ2n) is 3.67. The maximum atomic E-state index is 13.2. The molecule has 0 spiro atoms. The van der Waals surface area contributed by atoms with E-state index < -0.39 is 29.4 Å². The molecule has 0 saturated carbocycles. The molecule has 17 heavy (non-hydrogen) atoms. The molecule has 0 radical (unpaired) electrons. The van der Waals surface area contributed by atoms with Crippen molar-refractivity contribution in [3.05, 3.63) is 29.8 Å². The largest absolute Gasteiger partial charge is 0.394 e. The third kappa shape index (κ3) is 3.13. The predicted molar refractivity (Wildman–Crippen MR) is 59.7 cm³/mol. The zero-order chi connectivity index (χ0) is 13.0. The Balaban J connectivity index is 2.81. The molecule has 2 amide bonds. The van der Waals surface area contributed by atoms with E-state index in [2.05, 4.69) is 5.32 Å². The van der Waals surface area contributed by atoms with Crippen molar-refractivity contribution < 1.29 is 18.7 Å². The summed E-state index contributed by atoms with van der Waals surface area (Å²) in [6, 6.07) is 2.18. The van der Waals surface area contributed by atoms with Crippen LogP contribution in [-0.4, -0.2) is 35.7 Å². The maximum absolute atomic E-state index is 13.2. The molecule has 0 saturated heterocycles. The summed E-state index contributed by atoms with van der Waals surface area (Å²) in [6.45, 7) is 1.38. The van der Waals surface area contributed by atoms with E-state index in [1.54, 1.807) is 6.92 Å². The summed E-state index contributed by atoms with van der Waals surface area (Å²) in [6.07, 6.45) is 0. The van der Waals surface area contributed by atoms with Crippen LogP contribution in [-0.2, 0) is 0 Å². The summed E-state index contributed by atoms with van der Waals surface area (Å²) in [5.41, 5.74) is -0.491. The Morgan fingerprint density at radius 2 is 2.00 bits per heavy atom. The van der Waals surface area contributed by atoms with Crippen molar-refractivity contribution in [2.24, 2.45) is 0 Å². The SMILES string of the molecule is CC(CO)N(C)C(=O)Nc1c(F)cccc1F. The Bertz CT molecular complexity index is 392. The molecule has 1 aromatic carbocycles. The van der Waals surface area contributed by atoms with Crippen molar-refractivity contribution in [1.29, 1.82) is 0 Å². The fraction of sp³-hybridized carbons (Fsp3) is 0.364. The Morgan fingerprint density at radius 3 is 2.47 bits per heavy atom. The van der Waals surface area contributed by atoms with E-state index in [1.807, 2.05) is 0 Å². The molecule has 1 aromatic rings. The van der Waals surface area contributed by atoms with E-state index in [0.29, 0.717) is 0 Å². The van der Waals surface area contributed by atoms with E-state index >= 15 is 0 Å². The van der Waals surface area contributed by atoms with Gasteiger partial charge in [0.1, 0.15) is 17.3 Å². The quantitative estimate of drug-likeness (QED) is 0.852. The van der Waals surface area contributed by atoms with E-state index in [4.69, 9.17) is 5.11 Å². The number of para-hydroxylation sites is 1. The van der Waals surface area contributed by atoms with Crippen LogP contribution >= 0.6 is 0 Å². The summed E-state index contributed by atoms with van der Waals surface area (Å²) in [4.78, 5) is 12.7. The number of hydrogen-bond acceptors (Lipinski definition) is 2. The average Bonchev–Trinajstić information content (AvgIpc) is 2.31. The van der Waals surface area contributed by atoms with Gasteiger partial charge in [0.15, 0.2) is 0 Å². The zero-order valence-electron chi connectivity index (χ0n) is 9.58. The van der Waals surface area contributed by atoms with Crippen molar-refractivity contribution in [3.63, 3.8) is 0 Å². The zero-order valence-corrected chi connectivity index (χ0v) is 9.58. The average molecular weight is 244 g/mol. The number of rotatable bonds is 3. The van der Waals surface area contributed by atoms with Gasteiger partial charge in [0.05, 0.1) is 12.6 Å². The monoisotopic (exact) mass is 244 g/mol. The number of aliphatic hydroxyl groups excluding tert-OH is 1. The van der Waals surface area contributed by atoms with Crippen LogP contribution in [0.5, 0.6) is 0 Å². The molecule has 2 N–H and O–H groups in total. The van der Waals surface area contributed by atoms with E-state index in [9.17, 15) is 13.6 Å². The number of hydrogen-bond donors (Lipinski definition) is 2. The van der Waals surface area contributed by atoms with Crippen LogP contribution in [0.1, 0.15) is 6.92 Å². The molecule has 0 heterocycles. The van der Waals surface area contributed by atoms with Gasteiger partial charge in [-0.2, -0.15) is 0 Å². The first-order chi connectivity index (χ1) is 7.97. The highest BCUT2D eigenvalue weighted by molar-refractivity contribution is 5.89. The number of carbonyl (C=O) groups excluding carboxylic acids is 1. The van der Waals surface area contributed by atoms with Crippen LogP contribution in [0.4, 0.5) is 19.3 Å². The second kappa shape index (κ2) is 5.58. The number of aliphatic hydroxyl groups is 1. The molecule has 0 fully saturated rings. The summed E-state index contributed by atoms with van der Waals surface area (Å²) >= 11 is 0. The van der Waals surface area contributed by atoms with Crippen LogP contribution in [0.15, 0.2) is 18.2 Å². The maximum Gasteiger partial charge on any atom is 0.322 e. The molecule has 1 atom stereocenters. The molecule has 6 heteroatoms. The normalized spacial score (nSPS) is 12.1. The number of nitrogens with zero attached hydrogens (tertiary/aromatic N) is 1. The van der Waals surface area contributed by atoms with Gasteiger partial charge in [0.25, 0.3) is 0 Å². The second-order valence-corrected chi connectivity index (χ2v) is 3.67. The molecule has 0 aliphatic heterocycles. The minimum Gasteiger partial charge on any atom is -0.394 e. The number of amides is 2. The van der Waals surface area contributed by atoms with Gasteiger partial charge < -0.3 is 15.3 Å². The van der Waals surface area contributed by atoms with Gasteiger partial charge in [-0.15, -0.1) is 0 Å². The first kappa shape index (κ1) is 13.4.